The Morgan fingerprint density at radius 2 is 1.86 bits per heavy atom. The first kappa shape index (κ1) is 16.1. The molecule has 0 saturated heterocycles. The van der Waals surface area contributed by atoms with E-state index in [1.54, 1.807) is 11.3 Å². The fraction of sp³-hybridized carbons (Fsp3) is 0.438. The van der Waals surface area contributed by atoms with Crippen LogP contribution in [0, 0.1) is 6.92 Å². The summed E-state index contributed by atoms with van der Waals surface area (Å²) in [7, 11) is 0. The summed E-state index contributed by atoms with van der Waals surface area (Å²) in [5, 5.41) is 21.1. The number of aliphatic hydroxyl groups excluding tert-OH is 2. The third-order valence-corrected chi connectivity index (χ3v) is 4.22. The molecule has 5 heteroatoms. The van der Waals surface area contributed by atoms with E-state index >= 15 is 0 Å². The fourth-order valence-electron chi connectivity index (χ4n) is 2.14. The topological polar surface area (TPSA) is 56.6 Å². The molecule has 1 aromatic carbocycles. The highest BCUT2D eigenvalue weighted by molar-refractivity contribution is 7.13. The molecule has 0 unspecified atom stereocenters. The van der Waals surface area contributed by atoms with E-state index in [2.05, 4.69) is 46.5 Å². The van der Waals surface area contributed by atoms with Gasteiger partial charge in [0.25, 0.3) is 0 Å². The van der Waals surface area contributed by atoms with Gasteiger partial charge in [-0.2, -0.15) is 0 Å². The number of nitrogens with zero attached hydrogens (tertiary/aromatic N) is 2. The molecule has 2 aromatic rings. The SMILES string of the molecule is Cc1ccc(-c2nc(CN(CCO)CCCO)cs2)cc1. The number of benzene rings is 1. The number of hydrogen-bond acceptors (Lipinski definition) is 5. The molecule has 114 valence electrons. The molecular weight excluding hydrogens is 284 g/mol. The van der Waals surface area contributed by atoms with Gasteiger partial charge in [0.05, 0.1) is 12.3 Å². The maximum Gasteiger partial charge on any atom is 0.123 e. The van der Waals surface area contributed by atoms with Crippen LogP contribution >= 0.6 is 11.3 Å². The highest BCUT2D eigenvalue weighted by atomic mass is 32.1. The lowest BCUT2D eigenvalue weighted by Crippen LogP contribution is -2.28. The summed E-state index contributed by atoms with van der Waals surface area (Å²) in [5.41, 5.74) is 3.40. The van der Waals surface area contributed by atoms with Gasteiger partial charge in [0.2, 0.25) is 0 Å². The first-order valence-corrected chi connectivity index (χ1v) is 8.06. The molecule has 0 bridgehead atoms. The first-order chi connectivity index (χ1) is 10.2. The largest absolute Gasteiger partial charge is 0.396 e. The van der Waals surface area contributed by atoms with Crippen LogP contribution in [0.2, 0.25) is 0 Å². The smallest absolute Gasteiger partial charge is 0.123 e. The first-order valence-electron chi connectivity index (χ1n) is 7.18. The molecule has 1 aromatic heterocycles. The Kier molecular flexibility index (Phi) is 6.32. The molecular formula is C16H22N2O2S. The van der Waals surface area contributed by atoms with Crippen molar-refractivity contribution in [3.8, 4) is 10.6 Å². The zero-order valence-electron chi connectivity index (χ0n) is 12.3. The number of rotatable bonds is 8. The van der Waals surface area contributed by atoms with Crippen molar-refractivity contribution in [2.45, 2.75) is 19.9 Å². The van der Waals surface area contributed by atoms with Gasteiger partial charge in [0.15, 0.2) is 0 Å². The number of aliphatic hydroxyl groups is 2. The summed E-state index contributed by atoms with van der Waals surface area (Å²) in [4.78, 5) is 6.79. The summed E-state index contributed by atoms with van der Waals surface area (Å²) >= 11 is 1.64. The van der Waals surface area contributed by atoms with Crippen molar-refractivity contribution in [3.63, 3.8) is 0 Å². The Morgan fingerprint density at radius 1 is 1.10 bits per heavy atom. The van der Waals surface area contributed by atoms with Crippen molar-refractivity contribution < 1.29 is 10.2 Å². The van der Waals surface area contributed by atoms with Crippen LogP contribution in [-0.4, -0.2) is 46.4 Å². The van der Waals surface area contributed by atoms with E-state index in [9.17, 15) is 0 Å². The molecule has 0 aliphatic carbocycles. The Bertz CT molecular complexity index is 539. The Labute approximate surface area is 129 Å². The quantitative estimate of drug-likeness (QED) is 0.786. The second kappa shape index (κ2) is 8.24. The Balaban J connectivity index is 2.02. The van der Waals surface area contributed by atoms with Crippen LogP contribution in [0.3, 0.4) is 0 Å². The molecule has 0 spiro atoms. The van der Waals surface area contributed by atoms with Crippen molar-refractivity contribution in [3.05, 3.63) is 40.9 Å². The van der Waals surface area contributed by atoms with Gasteiger partial charge in [-0.05, 0) is 13.3 Å². The number of thiazole rings is 1. The van der Waals surface area contributed by atoms with E-state index in [-0.39, 0.29) is 13.2 Å². The van der Waals surface area contributed by atoms with Gasteiger partial charge in [-0.3, -0.25) is 4.90 Å². The van der Waals surface area contributed by atoms with E-state index in [1.165, 1.54) is 5.56 Å². The molecule has 0 aliphatic heterocycles. The molecule has 1 heterocycles. The maximum absolute atomic E-state index is 9.10. The number of hydrogen-bond donors (Lipinski definition) is 2. The van der Waals surface area contributed by atoms with Crippen LogP contribution in [0.5, 0.6) is 0 Å². The monoisotopic (exact) mass is 306 g/mol. The van der Waals surface area contributed by atoms with Crippen LogP contribution in [0.1, 0.15) is 17.7 Å². The van der Waals surface area contributed by atoms with Gasteiger partial charge in [-0.25, -0.2) is 4.98 Å². The minimum absolute atomic E-state index is 0.125. The van der Waals surface area contributed by atoms with Crippen molar-refractivity contribution in [1.29, 1.82) is 0 Å². The zero-order chi connectivity index (χ0) is 15.1. The van der Waals surface area contributed by atoms with Gasteiger partial charge in [0, 0.05) is 37.2 Å². The minimum Gasteiger partial charge on any atom is -0.396 e. The molecule has 0 fully saturated rings. The second-order valence-corrected chi connectivity index (χ2v) is 5.95. The highest BCUT2D eigenvalue weighted by Gasteiger charge is 2.09. The standard InChI is InChI=1S/C16H22N2O2S/c1-13-3-5-14(6-4-13)16-17-15(12-21-16)11-18(8-10-20)7-2-9-19/h3-6,12,19-20H,2,7-11H2,1H3. The molecule has 4 nitrogen and oxygen atoms in total. The van der Waals surface area contributed by atoms with Crippen molar-refractivity contribution >= 4 is 11.3 Å². The third kappa shape index (κ3) is 4.89. The molecule has 0 aliphatic rings. The molecule has 0 atom stereocenters. The fourth-order valence-corrected chi connectivity index (χ4v) is 2.96. The Morgan fingerprint density at radius 3 is 2.52 bits per heavy atom. The van der Waals surface area contributed by atoms with Crippen LogP contribution in [0.25, 0.3) is 10.6 Å². The normalized spacial score (nSPS) is 11.2. The van der Waals surface area contributed by atoms with Gasteiger partial charge in [0.1, 0.15) is 5.01 Å². The molecule has 0 saturated carbocycles. The summed E-state index contributed by atoms with van der Waals surface area (Å²) in [6.45, 7) is 4.47. The van der Waals surface area contributed by atoms with E-state index < -0.39 is 0 Å². The van der Waals surface area contributed by atoms with Crippen molar-refractivity contribution in [2.24, 2.45) is 0 Å². The lowest BCUT2D eigenvalue weighted by atomic mass is 10.2. The lowest BCUT2D eigenvalue weighted by molar-refractivity contribution is 0.173. The summed E-state index contributed by atoms with van der Waals surface area (Å²) in [6.07, 6.45) is 0.717. The lowest BCUT2D eigenvalue weighted by Gasteiger charge is -2.19. The molecule has 0 radical (unpaired) electrons. The average molecular weight is 306 g/mol. The van der Waals surface area contributed by atoms with Gasteiger partial charge < -0.3 is 10.2 Å². The average Bonchev–Trinajstić information content (AvgIpc) is 2.94. The molecule has 21 heavy (non-hydrogen) atoms. The Hall–Kier alpha value is -1.27. The molecule has 0 amide bonds. The van der Waals surface area contributed by atoms with E-state index in [0.29, 0.717) is 13.1 Å². The van der Waals surface area contributed by atoms with E-state index in [0.717, 1.165) is 29.2 Å². The van der Waals surface area contributed by atoms with Crippen molar-refractivity contribution in [2.75, 3.05) is 26.3 Å². The van der Waals surface area contributed by atoms with Gasteiger partial charge in [-0.1, -0.05) is 29.8 Å². The predicted molar refractivity (Wildman–Crippen MR) is 86.4 cm³/mol. The predicted octanol–water partition coefficient (Wildman–Crippen LogP) is 2.30. The van der Waals surface area contributed by atoms with E-state index in [4.69, 9.17) is 10.2 Å². The highest BCUT2D eigenvalue weighted by Crippen LogP contribution is 2.24. The van der Waals surface area contributed by atoms with Crippen LogP contribution in [0.15, 0.2) is 29.6 Å². The molecule has 2 rings (SSSR count). The van der Waals surface area contributed by atoms with Gasteiger partial charge in [-0.15, -0.1) is 11.3 Å². The van der Waals surface area contributed by atoms with Crippen LogP contribution in [0.4, 0.5) is 0 Å². The summed E-state index contributed by atoms with van der Waals surface area (Å²) in [6, 6.07) is 8.37. The minimum atomic E-state index is 0.125. The van der Waals surface area contributed by atoms with Gasteiger partial charge >= 0.3 is 0 Å². The zero-order valence-corrected chi connectivity index (χ0v) is 13.1. The summed E-state index contributed by atoms with van der Waals surface area (Å²) < 4.78 is 0. The van der Waals surface area contributed by atoms with Crippen molar-refractivity contribution in [1.82, 2.24) is 9.88 Å². The van der Waals surface area contributed by atoms with E-state index in [1.807, 2.05) is 0 Å². The third-order valence-electron chi connectivity index (χ3n) is 3.28. The summed E-state index contributed by atoms with van der Waals surface area (Å²) in [5.74, 6) is 0. The second-order valence-electron chi connectivity index (χ2n) is 5.09. The maximum atomic E-state index is 9.10. The molecule has 2 N–H and O–H groups in total. The van der Waals surface area contributed by atoms with Crippen LogP contribution < -0.4 is 0 Å². The number of aromatic nitrogens is 1. The number of aryl methyl sites for hydroxylation is 1. The van der Waals surface area contributed by atoms with Crippen LogP contribution in [-0.2, 0) is 6.54 Å².